The molecule has 0 bridgehead atoms. The number of nitrogens with zero attached hydrogens (tertiary/aromatic N) is 2. The van der Waals surface area contributed by atoms with Crippen LogP contribution in [0.5, 0.6) is 0 Å². The molecule has 2 aromatic heterocycles. The van der Waals surface area contributed by atoms with Crippen LogP contribution in [0.3, 0.4) is 0 Å². The fraction of sp³-hybridized carbons (Fsp3) is 0.381. The first-order chi connectivity index (χ1) is 11.8. The lowest BCUT2D eigenvalue weighted by molar-refractivity contribution is 0.461. The van der Waals surface area contributed by atoms with Gasteiger partial charge in [-0.3, -0.25) is 4.40 Å². The van der Waals surface area contributed by atoms with Crippen molar-refractivity contribution in [1.29, 1.82) is 0 Å². The normalized spacial score (nSPS) is 15.7. The molecule has 0 aliphatic heterocycles. The lowest BCUT2D eigenvalue weighted by atomic mass is 9.95. The molecule has 1 fully saturated rings. The molecule has 3 heteroatoms. The summed E-state index contributed by atoms with van der Waals surface area (Å²) >= 11 is 0. The molecular formula is C21H25N3. The number of aryl methyl sites for hydroxylation is 1. The fourth-order valence-corrected chi connectivity index (χ4v) is 3.70. The third-order valence-electron chi connectivity index (χ3n) is 5.01. The summed E-state index contributed by atoms with van der Waals surface area (Å²) in [6.07, 6.45) is 9.60. The Morgan fingerprint density at radius 3 is 2.67 bits per heavy atom. The maximum atomic E-state index is 4.93. The van der Waals surface area contributed by atoms with Gasteiger partial charge in [0.25, 0.3) is 0 Å². The van der Waals surface area contributed by atoms with Crippen LogP contribution in [0.2, 0.25) is 0 Å². The largest absolute Gasteiger partial charge is 0.367 e. The number of hydrogen-bond donors (Lipinski definition) is 1. The third-order valence-corrected chi connectivity index (χ3v) is 5.01. The molecule has 0 radical (unpaired) electrons. The molecule has 2 heterocycles. The average Bonchev–Trinajstić information content (AvgIpc) is 2.93. The molecule has 0 unspecified atom stereocenters. The van der Waals surface area contributed by atoms with Crippen LogP contribution >= 0.6 is 0 Å². The van der Waals surface area contributed by atoms with Gasteiger partial charge in [0.2, 0.25) is 0 Å². The zero-order valence-corrected chi connectivity index (χ0v) is 14.3. The summed E-state index contributed by atoms with van der Waals surface area (Å²) in [5.74, 6) is 1.18. The van der Waals surface area contributed by atoms with Gasteiger partial charge in [-0.1, -0.05) is 49.6 Å². The van der Waals surface area contributed by atoms with Crippen molar-refractivity contribution >= 4 is 11.5 Å². The molecule has 1 aliphatic rings. The van der Waals surface area contributed by atoms with Crippen LogP contribution in [0.25, 0.3) is 5.65 Å². The van der Waals surface area contributed by atoms with E-state index in [1.54, 1.807) is 0 Å². The Morgan fingerprint density at radius 2 is 1.88 bits per heavy atom. The fourth-order valence-electron chi connectivity index (χ4n) is 3.70. The van der Waals surface area contributed by atoms with Gasteiger partial charge < -0.3 is 5.32 Å². The van der Waals surface area contributed by atoms with Crippen molar-refractivity contribution in [2.45, 2.75) is 51.5 Å². The molecular weight excluding hydrogens is 294 g/mol. The van der Waals surface area contributed by atoms with E-state index in [2.05, 4.69) is 65.3 Å². The lowest BCUT2D eigenvalue weighted by Gasteiger charge is -2.24. The van der Waals surface area contributed by atoms with E-state index < -0.39 is 0 Å². The minimum atomic E-state index is 0.578. The molecule has 0 amide bonds. The average molecular weight is 319 g/mol. The maximum absolute atomic E-state index is 4.93. The van der Waals surface area contributed by atoms with Crippen LogP contribution in [-0.2, 0) is 6.42 Å². The van der Waals surface area contributed by atoms with Crippen molar-refractivity contribution in [3.63, 3.8) is 0 Å². The molecule has 1 aliphatic carbocycles. The van der Waals surface area contributed by atoms with Gasteiger partial charge in [-0.25, -0.2) is 4.98 Å². The zero-order valence-electron chi connectivity index (χ0n) is 14.3. The number of aromatic nitrogens is 2. The molecule has 0 spiro atoms. The van der Waals surface area contributed by atoms with Crippen LogP contribution in [-0.4, -0.2) is 15.4 Å². The van der Waals surface area contributed by atoms with Crippen LogP contribution in [0.15, 0.2) is 48.7 Å². The lowest BCUT2D eigenvalue weighted by Crippen LogP contribution is -2.23. The minimum absolute atomic E-state index is 0.578. The number of pyridine rings is 1. The van der Waals surface area contributed by atoms with Crippen LogP contribution in [0.4, 0.5) is 5.82 Å². The highest BCUT2D eigenvalue weighted by molar-refractivity contribution is 5.57. The molecule has 1 aromatic carbocycles. The Balaban J connectivity index is 1.71. The quantitative estimate of drug-likeness (QED) is 0.735. The van der Waals surface area contributed by atoms with E-state index in [0.29, 0.717) is 6.04 Å². The second-order valence-electron chi connectivity index (χ2n) is 6.98. The standard InChI is InChI=1S/C21H25N3/c1-16-12-13-24-20(14-16)23-19(15-17-8-4-2-5-9-17)21(24)22-18-10-6-3-7-11-18/h2,4-5,8-9,12-14,18,22H,3,6-7,10-11,15H2,1H3. The number of anilines is 1. The number of benzene rings is 1. The van der Waals surface area contributed by atoms with E-state index >= 15 is 0 Å². The monoisotopic (exact) mass is 319 g/mol. The Labute approximate surface area is 143 Å². The first-order valence-electron chi connectivity index (χ1n) is 9.07. The summed E-state index contributed by atoms with van der Waals surface area (Å²) in [6, 6.07) is 15.5. The minimum Gasteiger partial charge on any atom is -0.367 e. The van der Waals surface area contributed by atoms with Gasteiger partial charge >= 0.3 is 0 Å². The molecule has 4 rings (SSSR count). The smallest absolute Gasteiger partial charge is 0.138 e. The topological polar surface area (TPSA) is 29.3 Å². The van der Waals surface area contributed by atoms with Gasteiger partial charge in [-0.05, 0) is 43.0 Å². The second-order valence-corrected chi connectivity index (χ2v) is 6.98. The summed E-state index contributed by atoms with van der Waals surface area (Å²) in [5, 5.41) is 3.81. The molecule has 1 N–H and O–H groups in total. The highest BCUT2D eigenvalue weighted by Crippen LogP contribution is 2.26. The molecule has 3 aromatic rings. The van der Waals surface area contributed by atoms with Crippen LogP contribution < -0.4 is 5.32 Å². The Kier molecular flexibility index (Phi) is 4.24. The summed E-state index contributed by atoms with van der Waals surface area (Å²) in [5.41, 5.74) is 4.75. The summed E-state index contributed by atoms with van der Waals surface area (Å²) < 4.78 is 2.22. The molecule has 0 atom stereocenters. The zero-order chi connectivity index (χ0) is 16.4. The van der Waals surface area contributed by atoms with Gasteiger partial charge in [-0.2, -0.15) is 0 Å². The van der Waals surface area contributed by atoms with Crippen molar-refractivity contribution < 1.29 is 0 Å². The first kappa shape index (κ1) is 15.3. The highest BCUT2D eigenvalue weighted by Gasteiger charge is 2.18. The number of fused-ring (bicyclic) bond motifs is 1. The number of rotatable bonds is 4. The van der Waals surface area contributed by atoms with Gasteiger partial charge in [0.15, 0.2) is 0 Å². The third kappa shape index (κ3) is 3.16. The molecule has 124 valence electrons. The van der Waals surface area contributed by atoms with Gasteiger partial charge in [0.1, 0.15) is 11.5 Å². The number of imidazole rings is 1. The Hall–Kier alpha value is -2.29. The maximum Gasteiger partial charge on any atom is 0.138 e. The van der Waals surface area contributed by atoms with E-state index in [4.69, 9.17) is 4.98 Å². The Morgan fingerprint density at radius 1 is 1.08 bits per heavy atom. The molecule has 1 saturated carbocycles. The summed E-state index contributed by atoms with van der Waals surface area (Å²) in [7, 11) is 0. The van der Waals surface area contributed by atoms with E-state index in [9.17, 15) is 0 Å². The van der Waals surface area contributed by atoms with Crippen LogP contribution in [0, 0.1) is 6.92 Å². The first-order valence-corrected chi connectivity index (χ1v) is 9.07. The van der Waals surface area contributed by atoms with Crippen molar-refractivity contribution in [2.24, 2.45) is 0 Å². The van der Waals surface area contributed by atoms with E-state index in [1.165, 1.54) is 49.0 Å². The molecule has 24 heavy (non-hydrogen) atoms. The van der Waals surface area contributed by atoms with E-state index in [0.717, 1.165) is 17.8 Å². The van der Waals surface area contributed by atoms with Crippen molar-refractivity contribution in [3.05, 3.63) is 65.5 Å². The molecule has 0 saturated heterocycles. The van der Waals surface area contributed by atoms with Gasteiger partial charge in [-0.15, -0.1) is 0 Å². The molecule has 3 nitrogen and oxygen atoms in total. The van der Waals surface area contributed by atoms with Crippen LogP contribution in [0.1, 0.15) is 48.9 Å². The van der Waals surface area contributed by atoms with Crippen molar-refractivity contribution in [3.8, 4) is 0 Å². The second kappa shape index (κ2) is 6.68. The highest BCUT2D eigenvalue weighted by atomic mass is 15.1. The Bertz CT molecular complexity index is 814. The summed E-state index contributed by atoms with van der Waals surface area (Å²) in [4.78, 5) is 4.93. The van der Waals surface area contributed by atoms with E-state index in [-0.39, 0.29) is 0 Å². The van der Waals surface area contributed by atoms with Gasteiger partial charge in [0, 0.05) is 18.7 Å². The van der Waals surface area contributed by atoms with E-state index in [1.807, 2.05) is 0 Å². The number of nitrogens with one attached hydrogen (secondary N) is 1. The van der Waals surface area contributed by atoms with Crippen molar-refractivity contribution in [1.82, 2.24) is 9.38 Å². The summed E-state index contributed by atoms with van der Waals surface area (Å²) in [6.45, 7) is 2.12. The van der Waals surface area contributed by atoms with Crippen molar-refractivity contribution in [2.75, 3.05) is 5.32 Å². The van der Waals surface area contributed by atoms with Gasteiger partial charge in [0.05, 0.1) is 5.69 Å². The number of hydrogen-bond acceptors (Lipinski definition) is 2. The SMILES string of the molecule is Cc1ccn2c(NC3CCCCC3)c(Cc3ccccc3)nc2c1. The predicted octanol–water partition coefficient (Wildman–Crippen LogP) is 4.98. The predicted molar refractivity (Wildman–Crippen MR) is 99.7 cm³/mol.